The van der Waals surface area contributed by atoms with Gasteiger partial charge in [0.05, 0.1) is 17.9 Å². The summed E-state index contributed by atoms with van der Waals surface area (Å²) in [6.07, 6.45) is 3.08. The molecule has 2 fully saturated rings. The van der Waals surface area contributed by atoms with E-state index >= 15 is 0 Å². The molecule has 18 heavy (non-hydrogen) atoms. The topological polar surface area (TPSA) is 86.6 Å². The Labute approximate surface area is 107 Å². The summed E-state index contributed by atoms with van der Waals surface area (Å²) >= 11 is 0. The lowest BCUT2D eigenvalue weighted by molar-refractivity contribution is -0.146. The van der Waals surface area contributed by atoms with Gasteiger partial charge in [-0.3, -0.25) is 9.59 Å². The van der Waals surface area contributed by atoms with Crippen molar-refractivity contribution < 1.29 is 19.8 Å². The Morgan fingerprint density at radius 1 is 1.17 bits per heavy atom. The largest absolute Gasteiger partial charge is 0.481 e. The molecule has 0 radical (unpaired) electrons. The molecule has 5 heteroatoms. The van der Waals surface area contributed by atoms with Crippen molar-refractivity contribution in [3.05, 3.63) is 0 Å². The van der Waals surface area contributed by atoms with E-state index in [2.05, 4.69) is 5.32 Å². The van der Waals surface area contributed by atoms with Crippen LogP contribution in [0.3, 0.4) is 0 Å². The van der Waals surface area contributed by atoms with Gasteiger partial charge in [-0.05, 0) is 31.6 Å². The molecule has 3 unspecified atom stereocenters. The number of aliphatic hydroxyl groups is 1. The Hall–Kier alpha value is -1.10. The number of rotatable bonds is 4. The summed E-state index contributed by atoms with van der Waals surface area (Å²) in [4.78, 5) is 23.3. The van der Waals surface area contributed by atoms with Gasteiger partial charge in [0.1, 0.15) is 0 Å². The van der Waals surface area contributed by atoms with E-state index in [1.165, 1.54) is 0 Å². The molecule has 0 aromatic rings. The molecule has 2 rings (SSSR count). The van der Waals surface area contributed by atoms with Crippen molar-refractivity contribution in [2.24, 2.45) is 17.8 Å². The van der Waals surface area contributed by atoms with Crippen molar-refractivity contribution in [1.82, 2.24) is 5.32 Å². The van der Waals surface area contributed by atoms with E-state index in [1.54, 1.807) is 0 Å². The normalized spacial score (nSPS) is 39.1. The lowest BCUT2D eigenvalue weighted by Gasteiger charge is -2.33. The van der Waals surface area contributed by atoms with Gasteiger partial charge in [-0.15, -0.1) is 0 Å². The fourth-order valence-electron chi connectivity index (χ4n) is 3.05. The first-order valence-electron chi connectivity index (χ1n) is 6.72. The minimum absolute atomic E-state index is 0.0302. The number of aliphatic carboxylic acids is 1. The molecular formula is C13H21NO4. The number of carboxylic acid groups (broad SMARTS) is 1. The fourth-order valence-corrected chi connectivity index (χ4v) is 3.05. The number of amides is 1. The van der Waals surface area contributed by atoms with Crippen LogP contribution in [0.25, 0.3) is 0 Å². The Kier molecular flexibility index (Phi) is 3.90. The zero-order valence-corrected chi connectivity index (χ0v) is 10.6. The molecule has 2 aliphatic rings. The molecule has 0 bridgehead atoms. The highest BCUT2D eigenvalue weighted by molar-refractivity contribution is 5.85. The third-order valence-electron chi connectivity index (χ3n) is 4.35. The van der Waals surface area contributed by atoms with Crippen LogP contribution in [0.15, 0.2) is 0 Å². The molecule has 102 valence electrons. The predicted molar refractivity (Wildman–Crippen MR) is 64.8 cm³/mol. The number of carbonyl (C=O) groups is 2. The van der Waals surface area contributed by atoms with E-state index in [-0.39, 0.29) is 18.1 Å². The van der Waals surface area contributed by atoms with Crippen LogP contribution in [0.4, 0.5) is 0 Å². The summed E-state index contributed by atoms with van der Waals surface area (Å²) < 4.78 is 0. The van der Waals surface area contributed by atoms with Crippen LogP contribution >= 0.6 is 0 Å². The second kappa shape index (κ2) is 5.26. The van der Waals surface area contributed by atoms with Gasteiger partial charge in [0.15, 0.2) is 0 Å². The molecular weight excluding hydrogens is 234 g/mol. The zero-order valence-electron chi connectivity index (χ0n) is 10.6. The van der Waals surface area contributed by atoms with E-state index in [4.69, 9.17) is 0 Å². The zero-order chi connectivity index (χ0) is 13.3. The minimum atomic E-state index is -0.861. The maximum atomic E-state index is 12.1. The third-order valence-corrected chi connectivity index (χ3v) is 4.35. The van der Waals surface area contributed by atoms with Crippen molar-refractivity contribution >= 4 is 11.9 Å². The average molecular weight is 255 g/mol. The van der Waals surface area contributed by atoms with Crippen LogP contribution in [0.5, 0.6) is 0 Å². The van der Waals surface area contributed by atoms with Gasteiger partial charge < -0.3 is 15.5 Å². The maximum Gasteiger partial charge on any atom is 0.307 e. The van der Waals surface area contributed by atoms with Gasteiger partial charge in [0.25, 0.3) is 0 Å². The number of hydrogen-bond acceptors (Lipinski definition) is 3. The van der Waals surface area contributed by atoms with E-state index in [0.717, 1.165) is 6.42 Å². The Bertz CT molecular complexity index is 338. The molecule has 0 aromatic heterocycles. The summed E-state index contributed by atoms with van der Waals surface area (Å²) in [5.74, 6) is -1.60. The number of carboxylic acids is 1. The molecule has 0 spiro atoms. The van der Waals surface area contributed by atoms with Crippen LogP contribution in [0.2, 0.25) is 0 Å². The van der Waals surface area contributed by atoms with Crippen molar-refractivity contribution in [2.45, 2.75) is 51.2 Å². The van der Waals surface area contributed by atoms with E-state index < -0.39 is 17.8 Å². The van der Waals surface area contributed by atoms with Crippen molar-refractivity contribution in [2.75, 3.05) is 0 Å². The van der Waals surface area contributed by atoms with Gasteiger partial charge >= 0.3 is 5.97 Å². The number of aliphatic hydroxyl groups excluding tert-OH is 1. The quantitative estimate of drug-likeness (QED) is 0.692. The lowest BCUT2D eigenvalue weighted by atomic mass is 9.88. The molecule has 2 saturated carbocycles. The van der Waals surface area contributed by atoms with Crippen LogP contribution in [0.1, 0.15) is 39.0 Å². The molecule has 3 N–H and O–H groups in total. The number of carbonyl (C=O) groups excluding carboxylic acids is 1. The van der Waals surface area contributed by atoms with Crippen LogP contribution in [-0.4, -0.2) is 34.2 Å². The average Bonchev–Trinajstić information content (AvgIpc) is 2.71. The highest BCUT2D eigenvalue weighted by Gasteiger charge is 2.43. The van der Waals surface area contributed by atoms with Gasteiger partial charge in [0, 0.05) is 6.04 Å². The second-order valence-electron chi connectivity index (χ2n) is 5.63. The summed E-state index contributed by atoms with van der Waals surface area (Å²) in [5.41, 5.74) is 0. The monoisotopic (exact) mass is 255 g/mol. The summed E-state index contributed by atoms with van der Waals surface area (Å²) in [7, 11) is 0. The van der Waals surface area contributed by atoms with Crippen LogP contribution in [0, 0.1) is 17.8 Å². The molecule has 3 atom stereocenters. The lowest BCUT2D eigenvalue weighted by Crippen LogP contribution is -2.49. The standard InChI is InChI=1S/C13H21NO4/c1-2-7-3-10(11(4-7)13(17)18)12(16)14-8-5-9(15)6-8/h7-11,15H,2-6H2,1H3,(H,14,16)(H,17,18). The first-order chi connectivity index (χ1) is 8.51. The first-order valence-corrected chi connectivity index (χ1v) is 6.72. The van der Waals surface area contributed by atoms with E-state index in [1.807, 2.05) is 6.92 Å². The Morgan fingerprint density at radius 3 is 2.28 bits per heavy atom. The van der Waals surface area contributed by atoms with Gasteiger partial charge in [-0.25, -0.2) is 0 Å². The molecule has 0 heterocycles. The first kappa shape index (κ1) is 13.3. The molecule has 0 aromatic carbocycles. The van der Waals surface area contributed by atoms with Gasteiger partial charge in [-0.1, -0.05) is 13.3 Å². The fraction of sp³-hybridized carbons (Fsp3) is 0.846. The highest BCUT2D eigenvalue weighted by Crippen LogP contribution is 2.38. The smallest absolute Gasteiger partial charge is 0.307 e. The van der Waals surface area contributed by atoms with E-state index in [0.29, 0.717) is 31.6 Å². The number of hydrogen-bond donors (Lipinski definition) is 3. The Balaban J connectivity index is 1.92. The SMILES string of the molecule is CCC1CC(C(=O)O)C(C(=O)NC2CC(O)C2)C1. The molecule has 0 aliphatic heterocycles. The molecule has 5 nitrogen and oxygen atoms in total. The van der Waals surface area contributed by atoms with Gasteiger partial charge in [-0.2, -0.15) is 0 Å². The Morgan fingerprint density at radius 2 is 1.78 bits per heavy atom. The summed E-state index contributed by atoms with van der Waals surface area (Å²) in [5, 5.41) is 21.2. The highest BCUT2D eigenvalue weighted by atomic mass is 16.4. The van der Waals surface area contributed by atoms with Crippen LogP contribution < -0.4 is 5.32 Å². The van der Waals surface area contributed by atoms with Gasteiger partial charge in [0.2, 0.25) is 5.91 Å². The predicted octanol–water partition coefficient (Wildman–Crippen LogP) is 0.763. The molecule has 0 saturated heterocycles. The van der Waals surface area contributed by atoms with Crippen molar-refractivity contribution in [3.8, 4) is 0 Å². The second-order valence-corrected chi connectivity index (χ2v) is 5.63. The number of nitrogens with one attached hydrogen (secondary N) is 1. The maximum absolute atomic E-state index is 12.1. The molecule has 2 aliphatic carbocycles. The molecule has 1 amide bonds. The summed E-state index contributed by atoms with van der Waals surface area (Å²) in [6, 6.07) is 0.0302. The van der Waals surface area contributed by atoms with E-state index in [9.17, 15) is 19.8 Å². The van der Waals surface area contributed by atoms with Crippen LogP contribution in [-0.2, 0) is 9.59 Å². The third kappa shape index (κ3) is 2.66. The minimum Gasteiger partial charge on any atom is -0.481 e. The summed E-state index contributed by atoms with van der Waals surface area (Å²) in [6.45, 7) is 2.03. The van der Waals surface area contributed by atoms with Crippen molar-refractivity contribution in [1.29, 1.82) is 0 Å². The van der Waals surface area contributed by atoms with Crippen molar-refractivity contribution in [3.63, 3.8) is 0 Å².